The van der Waals surface area contributed by atoms with E-state index in [0.717, 1.165) is 12.1 Å². The molecule has 2 rings (SSSR count). The van der Waals surface area contributed by atoms with Gasteiger partial charge in [0.1, 0.15) is 11.6 Å². The van der Waals surface area contributed by atoms with Crippen LogP contribution in [-0.2, 0) is 27.1 Å². The molecule has 0 fully saturated rings. The van der Waals surface area contributed by atoms with Crippen LogP contribution < -0.4 is 0 Å². The Morgan fingerprint density at radius 2 is 1.87 bits per heavy atom. The third-order valence-electron chi connectivity index (χ3n) is 3.15. The van der Waals surface area contributed by atoms with E-state index in [1.54, 1.807) is 6.07 Å². The number of nitrogens with zero attached hydrogens (tertiary/aromatic N) is 1. The number of sulfonamides is 1. The second-order valence-electron chi connectivity index (χ2n) is 4.99. The van der Waals surface area contributed by atoms with Crippen molar-refractivity contribution in [2.45, 2.75) is 12.3 Å². The number of benzene rings is 1. The van der Waals surface area contributed by atoms with Crippen molar-refractivity contribution in [2.75, 3.05) is 20.3 Å². The second kappa shape index (κ2) is 7.67. The minimum absolute atomic E-state index is 0.0529. The van der Waals surface area contributed by atoms with Crippen LogP contribution in [0.3, 0.4) is 0 Å². The van der Waals surface area contributed by atoms with E-state index in [1.807, 2.05) is 0 Å². The van der Waals surface area contributed by atoms with Gasteiger partial charge in [0, 0.05) is 31.8 Å². The van der Waals surface area contributed by atoms with E-state index in [-0.39, 0.29) is 25.3 Å². The summed E-state index contributed by atoms with van der Waals surface area (Å²) >= 11 is 0. The summed E-state index contributed by atoms with van der Waals surface area (Å²) in [4.78, 5) is 0. The van der Waals surface area contributed by atoms with Gasteiger partial charge in [0.15, 0.2) is 0 Å². The highest BCUT2D eigenvalue weighted by Crippen LogP contribution is 2.17. The van der Waals surface area contributed by atoms with Gasteiger partial charge in [-0.15, -0.1) is 0 Å². The van der Waals surface area contributed by atoms with E-state index in [1.165, 1.54) is 23.9 Å². The molecule has 2 aromatic rings. The Balaban J connectivity index is 2.20. The number of hydrogen-bond acceptors (Lipinski definition) is 4. The van der Waals surface area contributed by atoms with Crippen molar-refractivity contribution in [3.63, 3.8) is 0 Å². The Bertz CT molecular complexity index is 712. The van der Waals surface area contributed by atoms with E-state index >= 15 is 0 Å². The van der Waals surface area contributed by atoms with Crippen LogP contribution in [0.5, 0.6) is 0 Å². The summed E-state index contributed by atoms with van der Waals surface area (Å²) in [5.74, 6) is -2.12. The van der Waals surface area contributed by atoms with Gasteiger partial charge in [0.25, 0.3) is 0 Å². The molecule has 0 aliphatic carbocycles. The molecule has 0 radical (unpaired) electrons. The lowest BCUT2D eigenvalue weighted by Gasteiger charge is -2.21. The predicted molar refractivity (Wildman–Crippen MR) is 80.0 cm³/mol. The van der Waals surface area contributed by atoms with E-state index in [4.69, 9.17) is 9.15 Å². The summed E-state index contributed by atoms with van der Waals surface area (Å²) in [5.41, 5.74) is 0.729. The molecule has 126 valence electrons. The fourth-order valence-electron chi connectivity index (χ4n) is 2.09. The summed E-state index contributed by atoms with van der Waals surface area (Å²) < 4.78 is 62.6. The molecular formula is C15H17F2NO4S. The molecule has 0 saturated heterocycles. The number of hydrogen-bond donors (Lipinski definition) is 0. The Morgan fingerprint density at radius 1 is 1.17 bits per heavy atom. The monoisotopic (exact) mass is 345 g/mol. The molecule has 0 N–H and O–H groups in total. The van der Waals surface area contributed by atoms with Crippen LogP contribution in [0.4, 0.5) is 8.78 Å². The minimum Gasteiger partial charge on any atom is -0.472 e. The van der Waals surface area contributed by atoms with E-state index in [9.17, 15) is 17.2 Å². The number of halogens is 2. The van der Waals surface area contributed by atoms with Crippen LogP contribution in [0.25, 0.3) is 0 Å². The summed E-state index contributed by atoms with van der Waals surface area (Å²) in [7, 11) is -2.32. The Labute approximate surface area is 133 Å². The van der Waals surface area contributed by atoms with Crippen LogP contribution in [0.1, 0.15) is 11.1 Å². The van der Waals surface area contributed by atoms with Crippen molar-refractivity contribution < 1.29 is 26.4 Å². The number of rotatable bonds is 8. The third-order valence-corrected chi connectivity index (χ3v) is 4.95. The SMILES string of the molecule is COCCN(Cc1ccoc1)S(=O)(=O)Cc1cc(F)cc(F)c1. The first-order valence-electron chi connectivity index (χ1n) is 6.83. The molecule has 0 amide bonds. The normalized spacial score (nSPS) is 12.0. The highest BCUT2D eigenvalue weighted by molar-refractivity contribution is 7.88. The molecule has 1 aromatic carbocycles. The van der Waals surface area contributed by atoms with Crippen LogP contribution in [0.15, 0.2) is 41.2 Å². The fraction of sp³-hybridized carbons (Fsp3) is 0.333. The van der Waals surface area contributed by atoms with E-state index in [2.05, 4.69) is 0 Å². The smallest absolute Gasteiger partial charge is 0.218 e. The number of methoxy groups -OCH3 is 1. The number of furan rings is 1. The molecule has 8 heteroatoms. The van der Waals surface area contributed by atoms with Crippen LogP contribution in [-0.4, -0.2) is 33.0 Å². The molecule has 0 saturated carbocycles. The zero-order valence-electron chi connectivity index (χ0n) is 12.5. The largest absolute Gasteiger partial charge is 0.472 e. The highest BCUT2D eigenvalue weighted by Gasteiger charge is 2.23. The van der Waals surface area contributed by atoms with Crippen molar-refractivity contribution in [2.24, 2.45) is 0 Å². The third kappa shape index (κ3) is 5.12. The van der Waals surface area contributed by atoms with Crippen molar-refractivity contribution in [1.82, 2.24) is 4.31 Å². The van der Waals surface area contributed by atoms with Gasteiger partial charge in [-0.2, -0.15) is 4.31 Å². The summed E-state index contributed by atoms with van der Waals surface area (Å²) in [5, 5.41) is 0. The molecular weight excluding hydrogens is 328 g/mol. The van der Waals surface area contributed by atoms with Crippen molar-refractivity contribution in [3.8, 4) is 0 Å². The summed E-state index contributed by atoms with van der Waals surface area (Å²) in [6.45, 7) is 0.427. The maximum Gasteiger partial charge on any atom is 0.218 e. The molecule has 0 aliphatic heterocycles. The molecule has 1 heterocycles. The van der Waals surface area contributed by atoms with Crippen molar-refractivity contribution in [1.29, 1.82) is 0 Å². The lowest BCUT2D eigenvalue weighted by Crippen LogP contribution is -2.34. The molecule has 0 atom stereocenters. The van der Waals surface area contributed by atoms with Gasteiger partial charge < -0.3 is 9.15 Å². The molecule has 0 spiro atoms. The molecule has 0 aliphatic rings. The van der Waals surface area contributed by atoms with E-state index in [0.29, 0.717) is 11.6 Å². The number of ether oxygens (including phenoxy) is 1. The molecule has 5 nitrogen and oxygen atoms in total. The maximum atomic E-state index is 13.2. The first-order valence-corrected chi connectivity index (χ1v) is 8.44. The average Bonchev–Trinajstić information content (AvgIpc) is 2.94. The standard InChI is InChI=1S/C15H17F2NO4S/c1-21-5-3-18(9-12-2-4-22-10-12)23(19,20)11-13-6-14(16)8-15(17)7-13/h2,4,6-8,10H,3,5,9,11H2,1H3. The van der Waals surface area contributed by atoms with Crippen LogP contribution in [0.2, 0.25) is 0 Å². The Hall–Kier alpha value is -1.77. The van der Waals surface area contributed by atoms with Gasteiger partial charge in [-0.1, -0.05) is 0 Å². The highest BCUT2D eigenvalue weighted by atomic mass is 32.2. The minimum atomic E-state index is -3.78. The fourth-order valence-corrected chi connectivity index (χ4v) is 3.56. The first-order chi connectivity index (χ1) is 10.9. The predicted octanol–water partition coefficient (Wildman–Crippen LogP) is 2.54. The molecule has 0 bridgehead atoms. The van der Waals surface area contributed by atoms with Gasteiger partial charge >= 0.3 is 0 Å². The van der Waals surface area contributed by atoms with Gasteiger partial charge in [0.2, 0.25) is 10.0 Å². The van der Waals surface area contributed by atoms with Crippen LogP contribution in [0, 0.1) is 11.6 Å². The topological polar surface area (TPSA) is 59.8 Å². The first kappa shape index (κ1) is 17.6. The summed E-state index contributed by atoms with van der Waals surface area (Å²) in [6.07, 6.45) is 2.88. The average molecular weight is 345 g/mol. The quantitative estimate of drug-likeness (QED) is 0.738. The second-order valence-corrected chi connectivity index (χ2v) is 6.96. The zero-order chi connectivity index (χ0) is 16.9. The molecule has 1 aromatic heterocycles. The lowest BCUT2D eigenvalue weighted by molar-refractivity contribution is 0.177. The molecule has 0 unspecified atom stereocenters. The van der Waals surface area contributed by atoms with Crippen LogP contribution >= 0.6 is 0 Å². The summed E-state index contributed by atoms with van der Waals surface area (Å²) in [6, 6.07) is 4.36. The van der Waals surface area contributed by atoms with Gasteiger partial charge in [0.05, 0.1) is 24.9 Å². The van der Waals surface area contributed by atoms with Crippen molar-refractivity contribution in [3.05, 3.63) is 59.6 Å². The van der Waals surface area contributed by atoms with Crippen molar-refractivity contribution >= 4 is 10.0 Å². The molecule has 23 heavy (non-hydrogen) atoms. The van der Waals surface area contributed by atoms with Gasteiger partial charge in [-0.05, 0) is 23.8 Å². The Kier molecular flexibility index (Phi) is 5.86. The Morgan fingerprint density at radius 3 is 2.43 bits per heavy atom. The van der Waals surface area contributed by atoms with Gasteiger partial charge in [-0.25, -0.2) is 17.2 Å². The van der Waals surface area contributed by atoms with Gasteiger partial charge in [-0.3, -0.25) is 0 Å². The van der Waals surface area contributed by atoms with E-state index < -0.39 is 27.4 Å². The lowest BCUT2D eigenvalue weighted by atomic mass is 10.2. The zero-order valence-corrected chi connectivity index (χ0v) is 13.4. The maximum absolute atomic E-state index is 13.2.